The normalized spacial score (nSPS) is 15.5. The number of carboxylic acid groups (broad SMARTS) is 1. The molecule has 1 aliphatic carbocycles. The van der Waals surface area contributed by atoms with Crippen molar-refractivity contribution in [3.8, 4) is 11.1 Å². The molecule has 0 bridgehead atoms. The maximum Gasteiger partial charge on any atom is 0.414 e. The lowest BCUT2D eigenvalue weighted by Crippen LogP contribution is -2.62. The number of carbonyl (C=O) groups is 3. The molecule has 2 heterocycles. The number of rotatable bonds is 7. The molecule has 0 atom stereocenters. The summed E-state index contributed by atoms with van der Waals surface area (Å²) in [5, 5.41) is 15.6. The van der Waals surface area contributed by atoms with Gasteiger partial charge in [-0.15, -0.1) is 6.58 Å². The summed E-state index contributed by atoms with van der Waals surface area (Å²) in [5.41, 5.74) is 3.39. The molecule has 5 rings (SSSR count). The molecule has 2 N–H and O–H groups in total. The Kier molecular flexibility index (Phi) is 5.60. The number of fused-ring (bicyclic) bond motifs is 3. The van der Waals surface area contributed by atoms with E-state index in [1.165, 1.54) is 17.0 Å². The largest absolute Gasteiger partial charge is 0.481 e. The van der Waals surface area contributed by atoms with Gasteiger partial charge in [-0.3, -0.25) is 14.9 Å². The van der Waals surface area contributed by atoms with Crippen LogP contribution in [0.15, 0.2) is 71.8 Å². The lowest BCUT2D eigenvalue weighted by Gasteiger charge is -2.46. The van der Waals surface area contributed by atoms with Crippen LogP contribution in [0.1, 0.15) is 34.0 Å². The molecule has 9 nitrogen and oxygen atoms in total. The average molecular weight is 473 g/mol. The summed E-state index contributed by atoms with van der Waals surface area (Å²) in [5.74, 6) is -1.58. The minimum Gasteiger partial charge on any atom is -0.481 e. The lowest BCUT2D eigenvalue weighted by molar-refractivity contribution is -0.157. The number of allylic oxidation sites excluding steroid dienone is 1. The second kappa shape index (κ2) is 8.75. The Bertz CT molecular complexity index is 1280. The molecule has 1 saturated heterocycles. The monoisotopic (exact) mass is 473 g/mol. The zero-order chi connectivity index (χ0) is 24.6. The van der Waals surface area contributed by atoms with Crippen molar-refractivity contribution in [2.24, 2.45) is 5.41 Å². The van der Waals surface area contributed by atoms with Crippen LogP contribution in [0.2, 0.25) is 0 Å². The smallest absolute Gasteiger partial charge is 0.414 e. The number of aromatic nitrogens is 1. The molecule has 1 aromatic heterocycles. The van der Waals surface area contributed by atoms with E-state index in [4.69, 9.17) is 9.26 Å². The number of anilines is 1. The maximum absolute atomic E-state index is 12.6. The second-order valence-corrected chi connectivity index (χ2v) is 8.77. The van der Waals surface area contributed by atoms with E-state index in [2.05, 4.69) is 29.2 Å². The van der Waals surface area contributed by atoms with E-state index in [0.717, 1.165) is 22.3 Å². The van der Waals surface area contributed by atoms with E-state index in [9.17, 15) is 19.5 Å². The molecule has 0 radical (unpaired) electrons. The third-order valence-electron chi connectivity index (χ3n) is 6.56. The number of nitrogens with zero attached hydrogens (tertiary/aromatic N) is 2. The molecular weight excluding hydrogens is 450 g/mol. The molecule has 3 aromatic rings. The quantitative estimate of drug-likeness (QED) is 0.495. The van der Waals surface area contributed by atoms with Gasteiger partial charge in [0.15, 0.2) is 5.69 Å². The van der Waals surface area contributed by atoms with Gasteiger partial charge in [-0.05, 0) is 28.7 Å². The molecule has 1 fully saturated rings. The van der Waals surface area contributed by atoms with Crippen molar-refractivity contribution in [2.75, 3.05) is 25.0 Å². The van der Waals surface area contributed by atoms with Gasteiger partial charge in [0.25, 0.3) is 5.91 Å². The standard InChI is InChI=1S/C26H23N3O6/c1-2-11-26(24(31)32)14-29(15-26)23(30)21-12-22(35-28-21)27-25(33)34-13-20-18-9-5-3-7-16(18)17-8-4-6-10-19(17)20/h2-10,12,20H,1,11,13-15H2,(H,27,33)(H,31,32). The van der Waals surface area contributed by atoms with E-state index in [0.29, 0.717) is 0 Å². The van der Waals surface area contributed by atoms with Crippen LogP contribution in [-0.4, -0.2) is 52.8 Å². The summed E-state index contributed by atoms with van der Waals surface area (Å²) >= 11 is 0. The number of carboxylic acids is 1. The molecule has 178 valence electrons. The van der Waals surface area contributed by atoms with Crippen LogP contribution in [0, 0.1) is 5.41 Å². The Morgan fingerprint density at radius 2 is 1.77 bits per heavy atom. The highest BCUT2D eigenvalue weighted by Gasteiger charge is 2.51. The topological polar surface area (TPSA) is 122 Å². The first-order valence-corrected chi connectivity index (χ1v) is 11.1. The zero-order valence-electron chi connectivity index (χ0n) is 18.8. The van der Waals surface area contributed by atoms with Crippen LogP contribution in [0.5, 0.6) is 0 Å². The maximum atomic E-state index is 12.6. The minimum atomic E-state index is -1.02. The Hall–Kier alpha value is -4.40. The van der Waals surface area contributed by atoms with Gasteiger partial charge < -0.3 is 19.3 Å². The lowest BCUT2D eigenvalue weighted by atomic mass is 9.76. The predicted octanol–water partition coefficient (Wildman–Crippen LogP) is 4.14. The SMILES string of the molecule is C=CCC1(C(=O)O)CN(C(=O)c2cc(NC(=O)OCC3c4ccccc4-c4ccccc43)on2)C1. The van der Waals surface area contributed by atoms with Crippen LogP contribution in [0.25, 0.3) is 11.1 Å². The van der Waals surface area contributed by atoms with Crippen LogP contribution in [0.3, 0.4) is 0 Å². The fourth-order valence-corrected chi connectivity index (χ4v) is 4.79. The molecule has 2 aliphatic rings. The van der Waals surface area contributed by atoms with E-state index >= 15 is 0 Å². The number of aliphatic carboxylic acids is 1. The fraction of sp³-hybridized carbons (Fsp3) is 0.231. The summed E-state index contributed by atoms with van der Waals surface area (Å²) in [6, 6.07) is 17.3. The molecule has 0 saturated carbocycles. The first-order valence-electron chi connectivity index (χ1n) is 11.1. The molecule has 0 spiro atoms. The number of likely N-dealkylation sites (tertiary alicyclic amines) is 1. The highest BCUT2D eigenvalue weighted by Crippen LogP contribution is 2.44. The molecule has 2 aromatic carbocycles. The summed E-state index contributed by atoms with van der Waals surface area (Å²) in [6.45, 7) is 3.82. The number of carbonyl (C=O) groups excluding carboxylic acids is 2. The molecular formula is C26H23N3O6. The van der Waals surface area contributed by atoms with E-state index < -0.39 is 23.4 Å². The second-order valence-electron chi connectivity index (χ2n) is 8.77. The van der Waals surface area contributed by atoms with Gasteiger partial charge in [0.05, 0.1) is 0 Å². The predicted molar refractivity (Wildman–Crippen MR) is 126 cm³/mol. The van der Waals surface area contributed by atoms with Gasteiger partial charge in [0.1, 0.15) is 12.0 Å². The Morgan fingerprint density at radius 1 is 1.14 bits per heavy atom. The molecule has 1 aliphatic heterocycles. The van der Waals surface area contributed by atoms with Crippen molar-refractivity contribution in [3.05, 3.63) is 84.1 Å². The number of benzene rings is 2. The van der Waals surface area contributed by atoms with Crippen molar-refractivity contribution in [2.45, 2.75) is 12.3 Å². The first-order chi connectivity index (χ1) is 16.9. The Labute approximate surface area is 201 Å². The van der Waals surface area contributed by atoms with Crippen molar-refractivity contribution >= 4 is 23.9 Å². The van der Waals surface area contributed by atoms with Gasteiger partial charge in [-0.2, -0.15) is 0 Å². The summed E-state index contributed by atoms with van der Waals surface area (Å²) < 4.78 is 10.5. The highest BCUT2D eigenvalue weighted by atomic mass is 16.6. The Balaban J connectivity index is 1.19. The number of ether oxygens (including phenoxy) is 1. The molecule has 0 unspecified atom stereocenters. The van der Waals surface area contributed by atoms with E-state index in [1.54, 1.807) is 0 Å². The number of hydrogen-bond donors (Lipinski definition) is 2. The van der Waals surface area contributed by atoms with Gasteiger partial charge in [0, 0.05) is 25.1 Å². The third-order valence-corrected chi connectivity index (χ3v) is 6.56. The van der Waals surface area contributed by atoms with E-state index in [-0.39, 0.29) is 43.6 Å². The van der Waals surface area contributed by atoms with Crippen molar-refractivity contribution in [1.29, 1.82) is 0 Å². The summed E-state index contributed by atoms with van der Waals surface area (Å²) in [6.07, 6.45) is 1.06. The zero-order valence-corrected chi connectivity index (χ0v) is 18.8. The van der Waals surface area contributed by atoms with Gasteiger partial charge >= 0.3 is 12.1 Å². The first kappa shape index (κ1) is 22.4. The average Bonchev–Trinajstić information content (AvgIpc) is 3.42. The van der Waals surface area contributed by atoms with Crippen LogP contribution >= 0.6 is 0 Å². The van der Waals surface area contributed by atoms with Crippen molar-refractivity contribution in [3.63, 3.8) is 0 Å². The van der Waals surface area contributed by atoms with Gasteiger partial charge in [-0.1, -0.05) is 59.8 Å². The third kappa shape index (κ3) is 3.95. The van der Waals surface area contributed by atoms with Gasteiger partial charge in [0.2, 0.25) is 5.88 Å². The van der Waals surface area contributed by atoms with Crippen LogP contribution in [-0.2, 0) is 9.53 Å². The summed E-state index contributed by atoms with van der Waals surface area (Å²) in [4.78, 5) is 37.9. The fourth-order valence-electron chi connectivity index (χ4n) is 4.79. The van der Waals surface area contributed by atoms with Crippen LogP contribution in [0.4, 0.5) is 10.7 Å². The number of nitrogens with one attached hydrogen (secondary N) is 1. The van der Waals surface area contributed by atoms with Crippen LogP contribution < -0.4 is 5.32 Å². The molecule has 2 amide bonds. The molecule has 9 heteroatoms. The Morgan fingerprint density at radius 3 is 2.37 bits per heavy atom. The number of amides is 2. The summed E-state index contributed by atoms with van der Waals surface area (Å²) in [7, 11) is 0. The number of hydrogen-bond acceptors (Lipinski definition) is 6. The van der Waals surface area contributed by atoms with Crippen molar-refractivity contribution < 1.29 is 28.8 Å². The highest BCUT2D eigenvalue weighted by molar-refractivity contribution is 5.95. The van der Waals surface area contributed by atoms with E-state index in [1.807, 2.05) is 36.4 Å². The van der Waals surface area contributed by atoms with Gasteiger partial charge in [-0.25, -0.2) is 4.79 Å². The van der Waals surface area contributed by atoms with Crippen molar-refractivity contribution in [1.82, 2.24) is 10.1 Å². The minimum absolute atomic E-state index is 0.0310. The molecule has 35 heavy (non-hydrogen) atoms.